The molecule has 0 aliphatic heterocycles. The van der Waals surface area contributed by atoms with Crippen molar-refractivity contribution in [3.05, 3.63) is 93.0 Å². The molecule has 184 valence electrons. The second-order valence-corrected chi connectivity index (χ2v) is 8.74. The van der Waals surface area contributed by atoms with Gasteiger partial charge in [0.25, 0.3) is 5.91 Å². The molecule has 0 saturated carbocycles. The highest BCUT2D eigenvalue weighted by atomic mass is 35.5. The van der Waals surface area contributed by atoms with Crippen LogP contribution in [0.15, 0.2) is 65.8 Å². The number of halogens is 2. The minimum absolute atomic E-state index is 0.0199. The molecule has 1 atom stereocenters. The zero-order chi connectivity index (χ0) is 25.2. The molecule has 0 radical (unpaired) electrons. The summed E-state index contributed by atoms with van der Waals surface area (Å²) in [6, 6.07) is 17.2. The smallest absolute Gasteiger partial charge is 0.271 e. The lowest BCUT2D eigenvalue weighted by Gasteiger charge is -2.17. The number of carbonyl (C=O) groups excluding carboxylic acids is 1. The van der Waals surface area contributed by atoms with E-state index in [1.165, 1.54) is 18.2 Å². The Morgan fingerprint density at radius 1 is 1.11 bits per heavy atom. The number of carbonyl (C=O) groups is 1. The maximum Gasteiger partial charge on any atom is 0.271 e. The van der Waals surface area contributed by atoms with Gasteiger partial charge in [-0.05, 0) is 78.6 Å². The Morgan fingerprint density at radius 2 is 1.89 bits per heavy atom. The standard InChI is InChI=1S/C26H27Cl2N3O4/c1-17-12-23(35-11-10-29-22(16-32)13-18-2-6-21(27)7-3-18)8-4-20(17)15-30-31-26(34)19-5-9-25(33)24(28)14-19/h2-9,12,14-15,22,29,32-33H,10-11,13,16H2,1H3,(H,31,34)/b30-15-. The van der Waals surface area contributed by atoms with E-state index in [1.54, 1.807) is 6.21 Å². The molecule has 0 saturated heterocycles. The predicted molar refractivity (Wildman–Crippen MR) is 139 cm³/mol. The average molecular weight is 516 g/mol. The van der Waals surface area contributed by atoms with Gasteiger partial charge in [-0.15, -0.1) is 0 Å². The molecule has 7 nitrogen and oxygen atoms in total. The number of rotatable bonds is 11. The fourth-order valence-corrected chi connectivity index (χ4v) is 3.60. The summed E-state index contributed by atoms with van der Waals surface area (Å²) >= 11 is 11.7. The Hall–Kier alpha value is -3.10. The molecule has 0 heterocycles. The van der Waals surface area contributed by atoms with Crippen LogP contribution in [0.25, 0.3) is 0 Å². The van der Waals surface area contributed by atoms with Crippen molar-refractivity contribution in [1.29, 1.82) is 0 Å². The van der Waals surface area contributed by atoms with E-state index in [2.05, 4.69) is 15.8 Å². The van der Waals surface area contributed by atoms with Gasteiger partial charge in [-0.2, -0.15) is 5.10 Å². The van der Waals surface area contributed by atoms with Gasteiger partial charge in [-0.3, -0.25) is 4.79 Å². The van der Waals surface area contributed by atoms with Gasteiger partial charge in [0.15, 0.2) is 0 Å². The summed E-state index contributed by atoms with van der Waals surface area (Å²) < 4.78 is 5.82. The first kappa shape index (κ1) is 26.5. The van der Waals surface area contributed by atoms with Crippen LogP contribution < -0.4 is 15.5 Å². The van der Waals surface area contributed by atoms with E-state index < -0.39 is 5.91 Å². The number of phenols is 1. The van der Waals surface area contributed by atoms with Crippen LogP contribution in [-0.2, 0) is 6.42 Å². The van der Waals surface area contributed by atoms with E-state index in [4.69, 9.17) is 27.9 Å². The third-order valence-corrected chi connectivity index (χ3v) is 5.80. The molecule has 3 aromatic rings. The topological polar surface area (TPSA) is 103 Å². The number of benzene rings is 3. The Morgan fingerprint density at radius 3 is 2.57 bits per heavy atom. The Labute approximate surface area is 214 Å². The predicted octanol–water partition coefficient (Wildman–Crippen LogP) is 4.34. The van der Waals surface area contributed by atoms with Gasteiger partial charge >= 0.3 is 0 Å². The Balaban J connectivity index is 1.44. The number of aryl methyl sites for hydroxylation is 1. The summed E-state index contributed by atoms with van der Waals surface area (Å²) in [6.45, 7) is 2.96. The minimum Gasteiger partial charge on any atom is -0.506 e. The number of hydrogen-bond donors (Lipinski definition) is 4. The Kier molecular flexibility index (Phi) is 9.93. The number of phenolic OH excluding ortho intramolecular Hbond substituents is 1. The number of hydrogen-bond acceptors (Lipinski definition) is 6. The number of aliphatic hydroxyl groups excluding tert-OH is 1. The molecule has 0 aliphatic carbocycles. The van der Waals surface area contributed by atoms with E-state index >= 15 is 0 Å². The van der Waals surface area contributed by atoms with Gasteiger partial charge in [-0.1, -0.05) is 35.3 Å². The SMILES string of the molecule is Cc1cc(OCCNC(CO)Cc2ccc(Cl)cc2)ccc1/C=N\NC(=O)c1ccc(O)c(Cl)c1. The number of ether oxygens (including phenoxy) is 1. The number of nitrogens with one attached hydrogen (secondary N) is 2. The largest absolute Gasteiger partial charge is 0.506 e. The molecule has 4 N–H and O–H groups in total. The highest BCUT2D eigenvalue weighted by molar-refractivity contribution is 6.32. The van der Waals surface area contributed by atoms with Gasteiger partial charge in [0.05, 0.1) is 17.8 Å². The van der Waals surface area contributed by atoms with Crippen molar-refractivity contribution in [3.8, 4) is 11.5 Å². The van der Waals surface area contributed by atoms with E-state index in [0.717, 1.165) is 16.7 Å². The quantitative estimate of drug-likeness (QED) is 0.173. The van der Waals surface area contributed by atoms with Gasteiger partial charge < -0.3 is 20.3 Å². The molecule has 35 heavy (non-hydrogen) atoms. The first-order valence-electron chi connectivity index (χ1n) is 11.0. The van der Waals surface area contributed by atoms with Gasteiger partial charge in [-0.25, -0.2) is 5.43 Å². The summed E-state index contributed by atoms with van der Waals surface area (Å²) in [5.74, 6) is 0.180. The monoisotopic (exact) mass is 515 g/mol. The number of amides is 1. The molecule has 3 aromatic carbocycles. The first-order chi connectivity index (χ1) is 16.9. The molecule has 0 aliphatic rings. The van der Waals surface area contributed by atoms with Gasteiger partial charge in [0.1, 0.15) is 18.1 Å². The van der Waals surface area contributed by atoms with Crippen LogP contribution in [0.1, 0.15) is 27.0 Å². The van der Waals surface area contributed by atoms with E-state index in [-0.39, 0.29) is 29.0 Å². The second-order valence-electron chi connectivity index (χ2n) is 7.90. The summed E-state index contributed by atoms with van der Waals surface area (Å²) in [5, 5.41) is 27.2. The zero-order valence-corrected chi connectivity index (χ0v) is 20.7. The second kappa shape index (κ2) is 13.1. The minimum atomic E-state index is -0.439. The lowest BCUT2D eigenvalue weighted by atomic mass is 10.1. The molecule has 0 bridgehead atoms. The fourth-order valence-electron chi connectivity index (χ4n) is 3.29. The van der Waals surface area contributed by atoms with Crippen LogP contribution in [0, 0.1) is 6.92 Å². The number of aromatic hydroxyl groups is 1. The van der Waals surface area contributed by atoms with Crippen molar-refractivity contribution in [3.63, 3.8) is 0 Å². The summed E-state index contributed by atoms with van der Waals surface area (Å²) in [7, 11) is 0. The zero-order valence-electron chi connectivity index (χ0n) is 19.2. The lowest BCUT2D eigenvalue weighted by molar-refractivity contribution is 0.0955. The van der Waals surface area contributed by atoms with Crippen molar-refractivity contribution in [2.45, 2.75) is 19.4 Å². The molecule has 0 spiro atoms. The molecular weight excluding hydrogens is 489 g/mol. The normalized spacial score (nSPS) is 12.0. The lowest BCUT2D eigenvalue weighted by Crippen LogP contribution is -2.37. The molecule has 1 unspecified atom stereocenters. The highest BCUT2D eigenvalue weighted by Crippen LogP contribution is 2.23. The van der Waals surface area contributed by atoms with Gasteiger partial charge in [0.2, 0.25) is 0 Å². The summed E-state index contributed by atoms with van der Waals surface area (Å²) in [5.41, 5.74) is 5.57. The van der Waals surface area contributed by atoms with E-state index in [0.29, 0.717) is 30.3 Å². The first-order valence-corrected chi connectivity index (χ1v) is 11.8. The third kappa shape index (κ3) is 8.26. The van der Waals surface area contributed by atoms with Crippen LogP contribution in [-0.4, -0.2) is 48.1 Å². The summed E-state index contributed by atoms with van der Waals surface area (Å²) in [4.78, 5) is 12.2. The van der Waals surface area contributed by atoms with Crippen molar-refractivity contribution in [2.75, 3.05) is 19.8 Å². The molecular formula is C26H27Cl2N3O4. The third-order valence-electron chi connectivity index (χ3n) is 5.24. The average Bonchev–Trinajstić information content (AvgIpc) is 2.85. The van der Waals surface area contributed by atoms with Crippen LogP contribution in [0.3, 0.4) is 0 Å². The van der Waals surface area contributed by atoms with Crippen LogP contribution in [0.4, 0.5) is 0 Å². The van der Waals surface area contributed by atoms with Gasteiger partial charge in [0, 0.05) is 23.2 Å². The van der Waals surface area contributed by atoms with Crippen molar-refractivity contribution < 1.29 is 19.7 Å². The Bertz CT molecular complexity index is 1170. The number of nitrogens with zero attached hydrogens (tertiary/aromatic N) is 1. The van der Waals surface area contributed by atoms with Crippen molar-refractivity contribution in [1.82, 2.24) is 10.7 Å². The molecule has 3 rings (SSSR count). The van der Waals surface area contributed by atoms with Crippen molar-refractivity contribution >= 4 is 35.3 Å². The molecule has 1 amide bonds. The molecule has 0 fully saturated rings. The van der Waals surface area contributed by atoms with E-state index in [9.17, 15) is 15.0 Å². The fraction of sp³-hybridized carbons (Fsp3) is 0.231. The van der Waals surface area contributed by atoms with Crippen molar-refractivity contribution in [2.24, 2.45) is 5.10 Å². The van der Waals surface area contributed by atoms with Crippen LogP contribution in [0.5, 0.6) is 11.5 Å². The number of hydrazone groups is 1. The maximum absolute atomic E-state index is 12.2. The highest BCUT2D eigenvalue weighted by Gasteiger charge is 2.09. The maximum atomic E-state index is 12.2. The van der Waals surface area contributed by atoms with Crippen LogP contribution >= 0.6 is 23.2 Å². The van der Waals surface area contributed by atoms with Crippen LogP contribution in [0.2, 0.25) is 10.0 Å². The molecule has 0 aromatic heterocycles. The molecule has 9 heteroatoms. The van der Waals surface area contributed by atoms with E-state index in [1.807, 2.05) is 49.4 Å². The summed E-state index contributed by atoms with van der Waals surface area (Å²) in [6.07, 6.45) is 2.24. The number of aliphatic hydroxyl groups is 1.